The van der Waals surface area contributed by atoms with Crippen LogP contribution in [-0.2, 0) is 11.8 Å². The highest BCUT2D eigenvalue weighted by atomic mass is 14.3. The molecule has 0 atom stereocenters. The first-order chi connectivity index (χ1) is 8.53. The standard InChI is InChI=1S/C19H28/c1-12-11-15-13(2)16(18(3,4)5)10-9-14(15)17(12)19(6,7)8/h9-10H,11H2,1-8H3. The van der Waals surface area contributed by atoms with E-state index >= 15 is 0 Å². The summed E-state index contributed by atoms with van der Waals surface area (Å²) in [5, 5.41) is 0. The van der Waals surface area contributed by atoms with Crippen LogP contribution in [0.25, 0.3) is 5.57 Å². The molecule has 1 aromatic rings. The van der Waals surface area contributed by atoms with Gasteiger partial charge in [-0.25, -0.2) is 0 Å². The minimum Gasteiger partial charge on any atom is -0.0646 e. The molecule has 0 aromatic heterocycles. The fraction of sp³-hybridized carbons (Fsp3) is 0.579. The van der Waals surface area contributed by atoms with Crippen molar-refractivity contribution in [3.63, 3.8) is 0 Å². The molecular formula is C19H28. The highest BCUT2D eigenvalue weighted by Crippen LogP contribution is 2.46. The summed E-state index contributed by atoms with van der Waals surface area (Å²) in [7, 11) is 0. The van der Waals surface area contributed by atoms with Crippen LogP contribution in [0.15, 0.2) is 17.7 Å². The zero-order valence-electron chi connectivity index (χ0n) is 13.9. The van der Waals surface area contributed by atoms with E-state index in [9.17, 15) is 0 Å². The molecule has 19 heavy (non-hydrogen) atoms. The topological polar surface area (TPSA) is 0 Å². The minimum absolute atomic E-state index is 0.234. The lowest BCUT2D eigenvalue weighted by molar-refractivity contribution is 0.564. The van der Waals surface area contributed by atoms with Gasteiger partial charge in [-0.3, -0.25) is 0 Å². The molecule has 2 rings (SSSR count). The Kier molecular flexibility index (Phi) is 3.20. The van der Waals surface area contributed by atoms with Crippen LogP contribution in [0.2, 0.25) is 0 Å². The first-order valence-corrected chi connectivity index (χ1v) is 7.37. The van der Waals surface area contributed by atoms with E-state index in [1.165, 1.54) is 16.7 Å². The third kappa shape index (κ3) is 2.38. The molecule has 1 aromatic carbocycles. The van der Waals surface area contributed by atoms with Crippen LogP contribution in [0.1, 0.15) is 70.7 Å². The Morgan fingerprint density at radius 3 is 1.89 bits per heavy atom. The van der Waals surface area contributed by atoms with Gasteiger partial charge < -0.3 is 0 Å². The van der Waals surface area contributed by atoms with E-state index < -0.39 is 0 Å². The van der Waals surface area contributed by atoms with Crippen molar-refractivity contribution in [1.29, 1.82) is 0 Å². The average molecular weight is 256 g/mol. The lowest BCUT2D eigenvalue weighted by Crippen LogP contribution is -2.15. The third-order valence-corrected chi connectivity index (χ3v) is 4.29. The largest absolute Gasteiger partial charge is 0.0646 e. The molecular weight excluding hydrogens is 228 g/mol. The van der Waals surface area contributed by atoms with Crippen molar-refractivity contribution in [3.05, 3.63) is 40.0 Å². The van der Waals surface area contributed by atoms with Gasteiger partial charge in [0.25, 0.3) is 0 Å². The first-order valence-electron chi connectivity index (χ1n) is 7.37. The van der Waals surface area contributed by atoms with Crippen LogP contribution >= 0.6 is 0 Å². The maximum atomic E-state index is 2.36. The van der Waals surface area contributed by atoms with Crippen molar-refractivity contribution in [2.24, 2.45) is 5.41 Å². The van der Waals surface area contributed by atoms with Gasteiger partial charge in [-0.15, -0.1) is 0 Å². The average Bonchev–Trinajstić information content (AvgIpc) is 2.52. The molecule has 0 radical (unpaired) electrons. The van der Waals surface area contributed by atoms with E-state index in [4.69, 9.17) is 0 Å². The van der Waals surface area contributed by atoms with Gasteiger partial charge in [0.15, 0.2) is 0 Å². The van der Waals surface area contributed by atoms with E-state index in [2.05, 4.69) is 67.5 Å². The van der Waals surface area contributed by atoms with E-state index in [1.54, 1.807) is 16.7 Å². The molecule has 1 aliphatic carbocycles. The van der Waals surface area contributed by atoms with E-state index in [0.717, 1.165) is 6.42 Å². The van der Waals surface area contributed by atoms with Gasteiger partial charge in [-0.1, -0.05) is 59.2 Å². The second-order valence-corrected chi connectivity index (χ2v) is 8.10. The summed E-state index contributed by atoms with van der Waals surface area (Å²) in [5.74, 6) is 0. The van der Waals surface area contributed by atoms with Gasteiger partial charge in [-0.05, 0) is 58.9 Å². The molecule has 0 heterocycles. The van der Waals surface area contributed by atoms with Crippen molar-refractivity contribution in [2.45, 2.75) is 67.2 Å². The molecule has 0 heteroatoms. The summed E-state index contributed by atoms with van der Waals surface area (Å²) in [5.41, 5.74) is 9.65. The van der Waals surface area contributed by atoms with Crippen LogP contribution in [0, 0.1) is 12.3 Å². The van der Waals surface area contributed by atoms with Gasteiger partial charge in [0.05, 0.1) is 0 Å². The van der Waals surface area contributed by atoms with Crippen LogP contribution in [-0.4, -0.2) is 0 Å². The fourth-order valence-corrected chi connectivity index (χ4v) is 3.66. The molecule has 1 aliphatic rings. The monoisotopic (exact) mass is 256 g/mol. The predicted molar refractivity (Wildman–Crippen MR) is 85.6 cm³/mol. The van der Waals surface area contributed by atoms with Crippen molar-refractivity contribution < 1.29 is 0 Å². The number of hydrogen-bond acceptors (Lipinski definition) is 0. The number of benzene rings is 1. The molecule has 0 bridgehead atoms. The summed E-state index contributed by atoms with van der Waals surface area (Å²) in [6.07, 6.45) is 1.14. The third-order valence-electron chi connectivity index (χ3n) is 4.29. The van der Waals surface area contributed by atoms with Gasteiger partial charge in [-0.2, -0.15) is 0 Å². The number of rotatable bonds is 0. The van der Waals surface area contributed by atoms with Crippen LogP contribution < -0.4 is 0 Å². The van der Waals surface area contributed by atoms with Gasteiger partial charge in [0, 0.05) is 0 Å². The Hall–Kier alpha value is -1.04. The molecule has 0 spiro atoms. The zero-order valence-corrected chi connectivity index (χ0v) is 13.9. The number of allylic oxidation sites excluding steroid dienone is 2. The maximum absolute atomic E-state index is 2.36. The SMILES string of the molecule is CC1=C(C(C)(C)C)c2ccc(C(C)(C)C)c(C)c2C1. The van der Waals surface area contributed by atoms with Gasteiger partial charge >= 0.3 is 0 Å². The molecule has 0 saturated heterocycles. The van der Waals surface area contributed by atoms with Crippen LogP contribution in [0.3, 0.4) is 0 Å². The Balaban J connectivity index is 2.62. The quantitative estimate of drug-likeness (QED) is 0.561. The minimum atomic E-state index is 0.234. The summed E-state index contributed by atoms with van der Waals surface area (Å²) in [6.45, 7) is 18.5. The van der Waals surface area contributed by atoms with Crippen molar-refractivity contribution >= 4 is 5.57 Å². The van der Waals surface area contributed by atoms with E-state index in [-0.39, 0.29) is 10.8 Å². The second kappa shape index (κ2) is 4.23. The first kappa shape index (κ1) is 14.4. The Morgan fingerprint density at radius 1 is 0.842 bits per heavy atom. The number of hydrogen-bond donors (Lipinski definition) is 0. The molecule has 0 fully saturated rings. The summed E-state index contributed by atoms with van der Waals surface area (Å²) >= 11 is 0. The van der Waals surface area contributed by atoms with Crippen molar-refractivity contribution in [2.75, 3.05) is 0 Å². The normalized spacial score (nSPS) is 16.0. The predicted octanol–water partition coefficient (Wildman–Crippen LogP) is 5.67. The van der Waals surface area contributed by atoms with Crippen LogP contribution in [0.5, 0.6) is 0 Å². The zero-order chi connectivity index (χ0) is 14.6. The summed E-state index contributed by atoms with van der Waals surface area (Å²) in [6, 6.07) is 4.71. The second-order valence-electron chi connectivity index (χ2n) is 8.10. The Labute approximate surface area is 118 Å². The highest BCUT2D eigenvalue weighted by molar-refractivity contribution is 5.80. The highest BCUT2D eigenvalue weighted by Gasteiger charge is 2.30. The molecule has 0 N–H and O–H groups in total. The summed E-state index contributed by atoms with van der Waals surface area (Å²) in [4.78, 5) is 0. The van der Waals surface area contributed by atoms with Crippen molar-refractivity contribution in [1.82, 2.24) is 0 Å². The maximum Gasteiger partial charge on any atom is -0.00548 e. The van der Waals surface area contributed by atoms with Crippen molar-refractivity contribution in [3.8, 4) is 0 Å². The fourth-order valence-electron chi connectivity index (χ4n) is 3.66. The van der Waals surface area contributed by atoms with E-state index in [0.29, 0.717) is 0 Å². The van der Waals surface area contributed by atoms with E-state index in [1.807, 2.05) is 0 Å². The smallest absolute Gasteiger partial charge is 0.00548 e. The molecule has 0 unspecified atom stereocenters. The number of fused-ring (bicyclic) bond motifs is 1. The molecule has 0 saturated carbocycles. The van der Waals surface area contributed by atoms with Gasteiger partial charge in [0.1, 0.15) is 0 Å². The van der Waals surface area contributed by atoms with Gasteiger partial charge in [0.2, 0.25) is 0 Å². The molecule has 0 aliphatic heterocycles. The lowest BCUT2D eigenvalue weighted by atomic mass is 9.78. The molecule has 0 amide bonds. The molecule has 0 nitrogen and oxygen atoms in total. The van der Waals surface area contributed by atoms with Crippen LogP contribution in [0.4, 0.5) is 0 Å². The summed E-state index contributed by atoms with van der Waals surface area (Å²) < 4.78 is 0. The molecule has 104 valence electrons. The Bertz CT molecular complexity index is 543. The lowest BCUT2D eigenvalue weighted by Gasteiger charge is -2.26. The Morgan fingerprint density at radius 2 is 1.42 bits per heavy atom.